The maximum Gasteiger partial charge on any atom is 0.307 e. The van der Waals surface area contributed by atoms with Gasteiger partial charge in [-0.15, -0.1) is 0 Å². The molecule has 0 radical (unpaired) electrons. The number of aromatic hydroxyl groups is 1. The second-order valence-electron chi connectivity index (χ2n) is 8.17. The van der Waals surface area contributed by atoms with E-state index in [1.54, 1.807) is 30.5 Å². The number of halogens is 1. The molecule has 8 heteroatoms. The van der Waals surface area contributed by atoms with E-state index in [4.69, 9.17) is 21.7 Å². The fraction of sp³-hybridized carbons (Fsp3) is 0.0741. The van der Waals surface area contributed by atoms with Crippen molar-refractivity contribution in [2.45, 2.75) is 6.42 Å². The number of H-pyrrole nitrogens is 1. The van der Waals surface area contributed by atoms with Crippen molar-refractivity contribution < 1.29 is 15.0 Å². The maximum atomic E-state index is 11.1. The van der Waals surface area contributed by atoms with Gasteiger partial charge in [-0.25, -0.2) is 9.98 Å². The topological polar surface area (TPSA) is 104 Å². The Morgan fingerprint density at radius 3 is 2.49 bits per heavy atom. The fourth-order valence-corrected chi connectivity index (χ4v) is 4.25. The summed E-state index contributed by atoms with van der Waals surface area (Å²) in [4.78, 5) is 23.4. The quantitative estimate of drug-likeness (QED) is 0.268. The Labute approximate surface area is 206 Å². The number of carboxylic acids is 1. The Morgan fingerprint density at radius 1 is 1.09 bits per heavy atom. The number of rotatable bonds is 6. The van der Waals surface area contributed by atoms with Crippen LogP contribution in [-0.4, -0.2) is 36.4 Å². The minimum absolute atomic E-state index is 0.0275. The second kappa shape index (κ2) is 9.12. The first-order chi connectivity index (χ1) is 16.9. The van der Waals surface area contributed by atoms with Gasteiger partial charge in [-0.2, -0.15) is 0 Å². The molecule has 0 atom stereocenters. The number of aliphatic imine (C=N–C) groups is 1. The van der Waals surface area contributed by atoms with Gasteiger partial charge < -0.3 is 19.8 Å². The van der Waals surface area contributed by atoms with Crippen LogP contribution in [-0.2, 0) is 18.3 Å². The number of aromatic amines is 1. The zero-order valence-electron chi connectivity index (χ0n) is 18.7. The number of aromatic nitrogens is 3. The number of nitrogens with zero attached hydrogens (tertiary/aromatic N) is 3. The largest absolute Gasteiger partial charge is 0.494 e. The molecule has 35 heavy (non-hydrogen) atoms. The zero-order valence-corrected chi connectivity index (χ0v) is 19.5. The number of aryl methyl sites for hydroxylation is 1. The van der Waals surface area contributed by atoms with Gasteiger partial charge in [-0.3, -0.25) is 4.79 Å². The SMILES string of the molecule is Cn1ccnc1-c1ccc(N=C(c2ccc(CC(=O)O)cc2)c2c(O)[nH]c3cc(Cl)ccc23)cc1. The van der Waals surface area contributed by atoms with Crippen molar-refractivity contribution in [1.82, 2.24) is 14.5 Å². The first kappa shape index (κ1) is 22.4. The van der Waals surface area contributed by atoms with E-state index in [-0.39, 0.29) is 12.3 Å². The van der Waals surface area contributed by atoms with Gasteiger partial charge >= 0.3 is 5.97 Å². The van der Waals surface area contributed by atoms with E-state index in [1.165, 1.54) is 0 Å². The van der Waals surface area contributed by atoms with Crippen LogP contribution in [0, 0.1) is 0 Å². The highest BCUT2D eigenvalue weighted by atomic mass is 35.5. The van der Waals surface area contributed by atoms with Gasteiger partial charge in [0, 0.05) is 41.0 Å². The Morgan fingerprint density at radius 2 is 1.83 bits per heavy atom. The van der Waals surface area contributed by atoms with Crippen molar-refractivity contribution >= 4 is 39.9 Å². The second-order valence-corrected chi connectivity index (χ2v) is 8.61. The molecule has 0 aliphatic heterocycles. The lowest BCUT2D eigenvalue weighted by Gasteiger charge is -2.09. The van der Waals surface area contributed by atoms with Gasteiger partial charge in [0.05, 0.1) is 28.9 Å². The van der Waals surface area contributed by atoms with Crippen LogP contribution in [0.25, 0.3) is 22.3 Å². The Bertz CT molecular complexity index is 1560. The first-order valence-electron chi connectivity index (χ1n) is 10.9. The average molecular weight is 485 g/mol. The molecule has 0 bridgehead atoms. The molecule has 2 aromatic heterocycles. The molecule has 0 unspecified atom stereocenters. The number of benzene rings is 3. The van der Waals surface area contributed by atoms with Crippen molar-refractivity contribution in [3.63, 3.8) is 0 Å². The lowest BCUT2D eigenvalue weighted by atomic mass is 9.99. The third-order valence-electron chi connectivity index (χ3n) is 5.75. The molecular weight excluding hydrogens is 464 g/mol. The summed E-state index contributed by atoms with van der Waals surface area (Å²) in [5.41, 5.74) is 4.83. The third-order valence-corrected chi connectivity index (χ3v) is 5.98. The number of imidazole rings is 1. The monoisotopic (exact) mass is 484 g/mol. The van der Waals surface area contributed by atoms with Gasteiger partial charge in [-0.1, -0.05) is 41.9 Å². The summed E-state index contributed by atoms with van der Waals surface area (Å²) >= 11 is 6.15. The van der Waals surface area contributed by atoms with Crippen LogP contribution in [0.3, 0.4) is 0 Å². The zero-order chi connectivity index (χ0) is 24.5. The van der Waals surface area contributed by atoms with Gasteiger partial charge in [0.15, 0.2) is 5.88 Å². The van der Waals surface area contributed by atoms with Crippen molar-refractivity contribution in [1.29, 1.82) is 0 Å². The summed E-state index contributed by atoms with van der Waals surface area (Å²) in [6.45, 7) is 0. The molecule has 0 amide bonds. The Kier molecular flexibility index (Phi) is 5.84. The molecule has 3 N–H and O–H groups in total. The highest BCUT2D eigenvalue weighted by molar-refractivity contribution is 6.31. The molecule has 0 spiro atoms. The van der Waals surface area contributed by atoms with E-state index in [1.807, 2.05) is 60.3 Å². The molecule has 0 aliphatic carbocycles. The summed E-state index contributed by atoms with van der Waals surface area (Å²) in [5.74, 6) is -0.0771. The number of nitrogens with one attached hydrogen (secondary N) is 1. The summed E-state index contributed by atoms with van der Waals surface area (Å²) in [6, 6.07) is 20.2. The van der Waals surface area contributed by atoms with Crippen LogP contribution in [0.5, 0.6) is 5.88 Å². The maximum absolute atomic E-state index is 11.1. The van der Waals surface area contributed by atoms with E-state index in [0.717, 1.165) is 22.3 Å². The van der Waals surface area contributed by atoms with Crippen LogP contribution in [0.2, 0.25) is 5.02 Å². The fourth-order valence-electron chi connectivity index (χ4n) is 4.07. The van der Waals surface area contributed by atoms with E-state index in [0.29, 0.717) is 33.1 Å². The normalized spacial score (nSPS) is 11.8. The lowest BCUT2D eigenvalue weighted by Crippen LogP contribution is -2.05. The van der Waals surface area contributed by atoms with E-state index >= 15 is 0 Å². The molecule has 0 aliphatic rings. The van der Waals surface area contributed by atoms with Crippen LogP contribution in [0.4, 0.5) is 5.69 Å². The van der Waals surface area contributed by atoms with Gasteiger partial charge in [0.2, 0.25) is 0 Å². The molecule has 0 saturated carbocycles. The highest BCUT2D eigenvalue weighted by Crippen LogP contribution is 2.33. The molecule has 5 rings (SSSR count). The van der Waals surface area contributed by atoms with Crippen molar-refractivity contribution in [3.8, 4) is 17.3 Å². The number of carboxylic acid groups (broad SMARTS) is 1. The van der Waals surface area contributed by atoms with Gasteiger partial charge in [0.25, 0.3) is 0 Å². The Balaban J connectivity index is 1.63. The standard InChI is InChI=1S/C27H21ClN4O3/c1-32-13-12-29-26(32)18-6-9-20(10-7-18)30-25(17-4-2-16(3-5-17)14-23(33)34)24-21-11-8-19(28)15-22(21)31-27(24)35/h2-13,15,31,35H,14H2,1H3,(H,33,34). The number of hydrogen-bond acceptors (Lipinski definition) is 4. The number of aliphatic carboxylic acids is 1. The highest BCUT2D eigenvalue weighted by Gasteiger charge is 2.19. The third kappa shape index (κ3) is 4.54. The van der Waals surface area contributed by atoms with Gasteiger partial charge in [0.1, 0.15) is 5.82 Å². The number of fused-ring (bicyclic) bond motifs is 1. The van der Waals surface area contributed by atoms with Crippen LogP contribution >= 0.6 is 11.6 Å². The smallest absolute Gasteiger partial charge is 0.307 e. The van der Waals surface area contributed by atoms with E-state index < -0.39 is 5.97 Å². The number of carbonyl (C=O) groups is 1. The molecular formula is C27H21ClN4O3. The van der Waals surface area contributed by atoms with Crippen molar-refractivity contribution in [2.75, 3.05) is 0 Å². The lowest BCUT2D eigenvalue weighted by molar-refractivity contribution is -0.136. The molecule has 7 nitrogen and oxygen atoms in total. The average Bonchev–Trinajstić information content (AvgIpc) is 3.40. The summed E-state index contributed by atoms with van der Waals surface area (Å²) in [7, 11) is 1.94. The van der Waals surface area contributed by atoms with Gasteiger partial charge in [-0.05, 0) is 42.0 Å². The van der Waals surface area contributed by atoms with E-state index in [9.17, 15) is 9.90 Å². The molecule has 0 saturated heterocycles. The summed E-state index contributed by atoms with van der Waals surface area (Å²) in [6.07, 6.45) is 3.57. The molecule has 174 valence electrons. The minimum atomic E-state index is -0.898. The minimum Gasteiger partial charge on any atom is -0.494 e. The predicted molar refractivity (Wildman–Crippen MR) is 137 cm³/mol. The summed E-state index contributed by atoms with van der Waals surface area (Å²) in [5, 5.41) is 21.3. The molecule has 0 fully saturated rings. The van der Waals surface area contributed by atoms with Crippen molar-refractivity contribution in [3.05, 3.63) is 101 Å². The molecule has 2 heterocycles. The first-order valence-corrected chi connectivity index (χ1v) is 11.2. The van der Waals surface area contributed by atoms with Crippen LogP contribution in [0.15, 0.2) is 84.1 Å². The molecule has 3 aromatic carbocycles. The Hall–Kier alpha value is -4.36. The molecule has 5 aromatic rings. The summed E-state index contributed by atoms with van der Waals surface area (Å²) < 4.78 is 1.94. The van der Waals surface area contributed by atoms with Crippen molar-refractivity contribution in [2.24, 2.45) is 12.0 Å². The van der Waals surface area contributed by atoms with Crippen LogP contribution < -0.4 is 0 Å². The number of hydrogen-bond donors (Lipinski definition) is 3. The van der Waals surface area contributed by atoms with Crippen LogP contribution in [0.1, 0.15) is 16.7 Å². The van der Waals surface area contributed by atoms with E-state index in [2.05, 4.69) is 9.97 Å². The predicted octanol–water partition coefficient (Wildman–Crippen LogP) is 5.72.